The maximum absolute atomic E-state index is 13.8. The lowest BCUT2D eigenvalue weighted by molar-refractivity contribution is -0.123. The SMILES string of the molecule is O=C(N[C@@H](Cc1ccccc1)C(=O)NCc1ccccc1F)c1ccc(Cl)cc1. The van der Waals surface area contributed by atoms with Crippen LogP contribution >= 0.6 is 11.6 Å². The highest BCUT2D eigenvalue weighted by molar-refractivity contribution is 6.30. The molecule has 0 heterocycles. The number of hydrogen-bond donors (Lipinski definition) is 2. The van der Waals surface area contributed by atoms with E-state index in [2.05, 4.69) is 10.6 Å². The summed E-state index contributed by atoms with van der Waals surface area (Å²) in [5.41, 5.74) is 1.67. The Morgan fingerprint density at radius 2 is 1.55 bits per heavy atom. The molecule has 0 unspecified atom stereocenters. The third kappa shape index (κ3) is 5.90. The molecule has 3 aromatic rings. The Labute approximate surface area is 173 Å². The van der Waals surface area contributed by atoms with Gasteiger partial charge in [-0.25, -0.2) is 4.39 Å². The van der Waals surface area contributed by atoms with E-state index in [1.807, 2.05) is 30.3 Å². The molecule has 0 fully saturated rings. The van der Waals surface area contributed by atoms with Gasteiger partial charge in [0.15, 0.2) is 0 Å². The summed E-state index contributed by atoms with van der Waals surface area (Å²) >= 11 is 5.87. The molecule has 0 aromatic heterocycles. The van der Waals surface area contributed by atoms with Gasteiger partial charge in [0.2, 0.25) is 5.91 Å². The second kappa shape index (κ2) is 9.85. The van der Waals surface area contributed by atoms with Crippen molar-refractivity contribution in [1.82, 2.24) is 10.6 Å². The van der Waals surface area contributed by atoms with E-state index in [9.17, 15) is 14.0 Å². The number of benzene rings is 3. The zero-order valence-corrected chi connectivity index (χ0v) is 16.3. The minimum Gasteiger partial charge on any atom is -0.350 e. The van der Waals surface area contributed by atoms with E-state index < -0.39 is 11.9 Å². The van der Waals surface area contributed by atoms with Crippen LogP contribution in [-0.2, 0) is 17.8 Å². The zero-order chi connectivity index (χ0) is 20.6. The summed E-state index contributed by atoms with van der Waals surface area (Å²) in [4.78, 5) is 25.4. The minimum absolute atomic E-state index is 0.0353. The molecule has 0 bridgehead atoms. The maximum atomic E-state index is 13.8. The first-order valence-electron chi connectivity index (χ1n) is 9.14. The Kier molecular flexibility index (Phi) is 6.98. The molecular formula is C23H20ClFN2O2. The van der Waals surface area contributed by atoms with Crippen molar-refractivity contribution in [2.45, 2.75) is 19.0 Å². The van der Waals surface area contributed by atoms with Gasteiger partial charge < -0.3 is 10.6 Å². The highest BCUT2D eigenvalue weighted by Crippen LogP contribution is 2.11. The second-order valence-corrected chi connectivity index (χ2v) is 6.97. The first-order valence-corrected chi connectivity index (χ1v) is 9.52. The van der Waals surface area contributed by atoms with E-state index in [0.717, 1.165) is 5.56 Å². The van der Waals surface area contributed by atoms with Crippen LogP contribution in [0.3, 0.4) is 0 Å². The summed E-state index contributed by atoms with van der Waals surface area (Å²) in [5.74, 6) is -1.17. The molecule has 29 heavy (non-hydrogen) atoms. The largest absolute Gasteiger partial charge is 0.350 e. The van der Waals surface area contributed by atoms with Gasteiger partial charge in [0, 0.05) is 29.1 Å². The molecule has 4 nitrogen and oxygen atoms in total. The average molecular weight is 411 g/mol. The Morgan fingerprint density at radius 3 is 2.24 bits per heavy atom. The Bertz CT molecular complexity index is 978. The van der Waals surface area contributed by atoms with Gasteiger partial charge in [-0.2, -0.15) is 0 Å². The molecule has 3 aromatic carbocycles. The van der Waals surface area contributed by atoms with Crippen LogP contribution in [0.5, 0.6) is 0 Å². The highest BCUT2D eigenvalue weighted by Gasteiger charge is 2.22. The predicted molar refractivity (Wildman–Crippen MR) is 111 cm³/mol. The molecular weight excluding hydrogens is 391 g/mol. The lowest BCUT2D eigenvalue weighted by Gasteiger charge is -2.19. The van der Waals surface area contributed by atoms with E-state index in [0.29, 0.717) is 22.6 Å². The summed E-state index contributed by atoms with van der Waals surface area (Å²) in [6.07, 6.45) is 0.309. The van der Waals surface area contributed by atoms with Crippen molar-refractivity contribution in [1.29, 1.82) is 0 Å². The average Bonchev–Trinajstić information content (AvgIpc) is 2.73. The predicted octanol–water partition coefficient (Wildman–Crippen LogP) is 4.14. The molecule has 0 saturated heterocycles. The summed E-state index contributed by atoms with van der Waals surface area (Å²) in [6, 6.07) is 21.2. The summed E-state index contributed by atoms with van der Waals surface area (Å²) in [5, 5.41) is 5.99. The van der Waals surface area contributed by atoms with Crippen molar-refractivity contribution in [3.63, 3.8) is 0 Å². The molecule has 0 aliphatic carbocycles. The molecule has 1 atom stereocenters. The monoisotopic (exact) mass is 410 g/mol. The Morgan fingerprint density at radius 1 is 0.897 bits per heavy atom. The van der Waals surface area contributed by atoms with Crippen LogP contribution in [-0.4, -0.2) is 17.9 Å². The zero-order valence-electron chi connectivity index (χ0n) is 15.6. The van der Waals surface area contributed by atoms with E-state index in [1.165, 1.54) is 6.07 Å². The molecule has 0 aliphatic rings. The van der Waals surface area contributed by atoms with Crippen molar-refractivity contribution < 1.29 is 14.0 Å². The van der Waals surface area contributed by atoms with E-state index in [4.69, 9.17) is 11.6 Å². The summed E-state index contributed by atoms with van der Waals surface area (Å²) < 4.78 is 13.8. The Balaban J connectivity index is 1.73. The van der Waals surface area contributed by atoms with E-state index >= 15 is 0 Å². The fourth-order valence-corrected chi connectivity index (χ4v) is 2.98. The van der Waals surface area contributed by atoms with Gasteiger partial charge in [0.1, 0.15) is 11.9 Å². The van der Waals surface area contributed by atoms with Crippen LogP contribution in [0, 0.1) is 5.82 Å². The van der Waals surface area contributed by atoms with Crippen molar-refractivity contribution >= 4 is 23.4 Å². The van der Waals surface area contributed by atoms with Gasteiger partial charge in [-0.1, -0.05) is 60.1 Å². The molecule has 3 rings (SSSR count). The lowest BCUT2D eigenvalue weighted by atomic mass is 10.0. The number of hydrogen-bond acceptors (Lipinski definition) is 2. The number of carbonyl (C=O) groups is 2. The van der Waals surface area contributed by atoms with Crippen molar-refractivity contribution in [3.05, 3.63) is 106 Å². The third-order valence-electron chi connectivity index (χ3n) is 4.42. The second-order valence-electron chi connectivity index (χ2n) is 6.53. The number of amides is 2. The summed E-state index contributed by atoms with van der Waals surface area (Å²) in [7, 11) is 0. The van der Waals surface area contributed by atoms with Gasteiger partial charge in [0.25, 0.3) is 5.91 Å². The molecule has 6 heteroatoms. The first kappa shape index (κ1) is 20.6. The molecule has 2 N–H and O–H groups in total. The van der Waals surface area contributed by atoms with Crippen molar-refractivity contribution in [2.24, 2.45) is 0 Å². The molecule has 148 valence electrons. The number of carbonyl (C=O) groups excluding carboxylic acids is 2. The van der Waals surface area contributed by atoms with Gasteiger partial charge in [-0.15, -0.1) is 0 Å². The van der Waals surface area contributed by atoms with Gasteiger partial charge in [-0.05, 0) is 35.9 Å². The molecule has 0 saturated carbocycles. The molecule has 0 spiro atoms. The van der Waals surface area contributed by atoms with Crippen LogP contribution in [0.15, 0.2) is 78.9 Å². The van der Waals surface area contributed by atoms with Crippen LogP contribution < -0.4 is 10.6 Å². The molecule has 0 aliphatic heterocycles. The van der Waals surface area contributed by atoms with Crippen LogP contribution in [0.1, 0.15) is 21.5 Å². The number of halogens is 2. The van der Waals surface area contributed by atoms with Crippen molar-refractivity contribution in [2.75, 3.05) is 0 Å². The van der Waals surface area contributed by atoms with Gasteiger partial charge >= 0.3 is 0 Å². The molecule has 0 radical (unpaired) electrons. The number of nitrogens with one attached hydrogen (secondary N) is 2. The highest BCUT2D eigenvalue weighted by atomic mass is 35.5. The smallest absolute Gasteiger partial charge is 0.251 e. The quantitative estimate of drug-likeness (QED) is 0.615. The van der Waals surface area contributed by atoms with Gasteiger partial charge in [0.05, 0.1) is 0 Å². The van der Waals surface area contributed by atoms with Crippen LogP contribution in [0.2, 0.25) is 5.02 Å². The van der Waals surface area contributed by atoms with Crippen molar-refractivity contribution in [3.8, 4) is 0 Å². The fourth-order valence-electron chi connectivity index (χ4n) is 2.85. The normalized spacial score (nSPS) is 11.5. The number of rotatable bonds is 7. The van der Waals surface area contributed by atoms with Gasteiger partial charge in [-0.3, -0.25) is 9.59 Å². The summed E-state index contributed by atoms with van der Waals surface area (Å²) in [6.45, 7) is 0.0353. The van der Waals surface area contributed by atoms with Crippen LogP contribution in [0.25, 0.3) is 0 Å². The lowest BCUT2D eigenvalue weighted by Crippen LogP contribution is -2.47. The minimum atomic E-state index is -0.813. The maximum Gasteiger partial charge on any atom is 0.251 e. The standard InChI is InChI=1S/C23H20ClFN2O2/c24-19-12-10-17(11-13-19)22(28)27-21(14-16-6-2-1-3-7-16)23(29)26-15-18-8-4-5-9-20(18)25/h1-13,21H,14-15H2,(H,26,29)(H,27,28)/t21-/m0/s1. The van der Waals surface area contributed by atoms with E-state index in [1.54, 1.807) is 42.5 Å². The topological polar surface area (TPSA) is 58.2 Å². The molecule has 2 amide bonds. The van der Waals surface area contributed by atoms with Crippen LogP contribution in [0.4, 0.5) is 4.39 Å². The third-order valence-corrected chi connectivity index (χ3v) is 4.67. The Hall–Kier alpha value is -3.18. The van der Waals surface area contributed by atoms with E-state index in [-0.39, 0.29) is 18.4 Å². The fraction of sp³-hybridized carbons (Fsp3) is 0.130. The first-order chi connectivity index (χ1) is 14.0.